The zero-order valence-electron chi connectivity index (χ0n) is 11.0. The Morgan fingerprint density at radius 1 is 1.32 bits per heavy atom. The highest BCUT2D eigenvalue weighted by atomic mass is 19.4. The quantitative estimate of drug-likeness (QED) is 0.856. The fourth-order valence-electron chi connectivity index (χ4n) is 2.11. The van der Waals surface area contributed by atoms with Crippen LogP contribution in [0.5, 0.6) is 0 Å². The fraction of sp³-hybridized carbons (Fsp3) is 0.308. The maximum atomic E-state index is 13.9. The highest BCUT2D eigenvalue weighted by Gasteiger charge is 2.68. The number of benzene rings is 1. The van der Waals surface area contributed by atoms with Crippen molar-refractivity contribution in [1.82, 2.24) is 15.2 Å². The minimum atomic E-state index is -4.63. The molecule has 116 valence electrons. The molecule has 0 spiro atoms. The Morgan fingerprint density at radius 3 is 2.55 bits per heavy atom. The Morgan fingerprint density at radius 2 is 2.05 bits per heavy atom. The number of carbonyl (C=O) groups is 1. The number of carbonyl (C=O) groups excluding carboxylic acids is 1. The van der Waals surface area contributed by atoms with Crippen LogP contribution >= 0.6 is 0 Å². The van der Waals surface area contributed by atoms with Crippen molar-refractivity contribution in [3.63, 3.8) is 0 Å². The number of nitrogens with one attached hydrogen (secondary N) is 2. The number of hydrogen-bond acceptors (Lipinski definition) is 3. The Bertz CT molecular complexity index is 707. The minimum absolute atomic E-state index is 0.278. The van der Waals surface area contributed by atoms with Crippen molar-refractivity contribution in [3.8, 4) is 11.4 Å². The molecule has 1 amide bonds. The number of halogens is 4. The molecular formula is C13H10F4N4O. The molecule has 2 aromatic rings. The third-order valence-electron chi connectivity index (χ3n) is 3.63. The lowest BCUT2D eigenvalue weighted by atomic mass is 10.1. The van der Waals surface area contributed by atoms with Gasteiger partial charge in [-0.3, -0.25) is 9.89 Å². The first-order chi connectivity index (χ1) is 10.3. The summed E-state index contributed by atoms with van der Waals surface area (Å²) in [7, 11) is 0. The van der Waals surface area contributed by atoms with Gasteiger partial charge in [-0.2, -0.15) is 18.3 Å². The van der Waals surface area contributed by atoms with E-state index in [9.17, 15) is 22.4 Å². The fourth-order valence-corrected chi connectivity index (χ4v) is 2.11. The number of aromatic nitrogens is 3. The van der Waals surface area contributed by atoms with Crippen molar-refractivity contribution in [2.75, 3.05) is 5.32 Å². The molecule has 3 rings (SSSR count). The second-order valence-corrected chi connectivity index (χ2v) is 5.06. The molecule has 1 aromatic heterocycles. The monoisotopic (exact) mass is 314 g/mol. The number of amides is 1. The molecule has 1 saturated carbocycles. The van der Waals surface area contributed by atoms with Gasteiger partial charge < -0.3 is 5.32 Å². The molecule has 0 atom stereocenters. The predicted molar refractivity (Wildman–Crippen MR) is 68.1 cm³/mol. The van der Waals surface area contributed by atoms with Crippen molar-refractivity contribution < 1.29 is 22.4 Å². The Hall–Kier alpha value is -2.45. The maximum Gasteiger partial charge on any atom is 0.403 e. The number of rotatable bonds is 3. The molecule has 2 N–H and O–H groups in total. The van der Waals surface area contributed by atoms with Gasteiger partial charge in [0.2, 0.25) is 5.91 Å². The van der Waals surface area contributed by atoms with Crippen molar-refractivity contribution >= 4 is 11.6 Å². The first-order valence-corrected chi connectivity index (χ1v) is 6.37. The van der Waals surface area contributed by atoms with Crippen molar-refractivity contribution in [2.45, 2.75) is 19.0 Å². The molecule has 1 fully saturated rings. The summed E-state index contributed by atoms with van der Waals surface area (Å²) in [5.41, 5.74) is -2.32. The van der Waals surface area contributed by atoms with Crippen molar-refractivity contribution in [1.29, 1.82) is 0 Å². The average Bonchev–Trinajstić information content (AvgIpc) is 3.10. The van der Waals surface area contributed by atoms with Crippen LogP contribution in [-0.2, 0) is 4.79 Å². The van der Waals surface area contributed by atoms with Crippen LogP contribution in [0.25, 0.3) is 11.4 Å². The van der Waals surface area contributed by atoms with E-state index in [1.807, 2.05) is 5.32 Å². The minimum Gasteiger partial charge on any atom is -0.323 e. The summed E-state index contributed by atoms with van der Waals surface area (Å²) in [6, 6.07) is 3.67. The van der Waals surface area contributed by atoms with Gasteiger partial charge in [0, 0.05) is 5.56 Å². The van der Waals surface area contributed by atoms with Crippen molar-refractivity contribution in [2.24, 2.45) is 5.41 Å². The van der Waals surface area contributed by atoms with E-state index >= 15 is 0 Å². The van der Waals surface area contributed by atoms with Gasteiger partial charge in [0.25, 0.3) is 0 Å². The number of aromatic amines is 1. The van der Waals surface area contributed by atoms with Crippen LogP contribution in [0.1, 0.15) is 12.8 Å². The Balaban J connectivity index is 1.81. The van der Waals surface area contributed by atoms with E-state index in [1.54, 1.807) is 0 Å². The highest BCUT2D eigenvalue weighted by Crippen LogP contribution is 2.58. The molecular weight excluding hydrogens is 304 g/mol. The Kier molecular flexibility index (Phi) is 3.15. The zero-order chi connectivity index (χ0) is 16.0. The van der Waals surface area contributed by atoms with Crippen LogP contribution in [0, 0.1) is 11.2 Å². The number of alkyl halides is 3. The third kappa shape index (κ3) is 2.32. The molecule has 0 saturated heterocycles. The SMILES string of the molecule is O=C(Nc1ccc(-c2ncn[nH]2)cc1F)C1(C(F)(F)F)CC1. The molecule has 1 aliphatic rings. The lowest BCUT2D eigenvalue weighted by Crippen LogP contribution is -2.37. The predicted octanol–water partition coefficient (Wildman–Crippen LogP) is 2.89. The summed E-state index contributed by atoms with van der Waals surface area (Å²) in [6.45, 7) is 0. The molecule has 0 bridgehead atoms. The van der Waals surface area contributed by atoms with Crippen LogP contribution in [-0.4, -0.2) is 27.3 Å². The first kappa shape index (κ1) is 14.5. The van der Waals surface area contributed by atoms with Gasteiger partial charge in [-0.15, -0.1) is 0 Å². The normalized spacial score (nSPS) is 16.4. The summed E-state index contributed by atoms with van der Waals surface area (Å²) in [5.74, 6) is -1.77. The summed E-state index contributed by atoms with van der Waals surface area (Å²) < 4.78 is 52.4. The number of hydrogen-bond donors (Lipinski definition) is 2. The van der Waals surface area contributed by atoms with Crippen LogP contribution in [0.4, 0.5) is 23.2 Å². The van der Waals surface area contributed by atoms with Gasteiger partial charge in [0.15, 0.2) is 5.82 Å². The van der Waals surface area contributed by atoms with Crippen LogP contribution in [0.3, 0.4) is 0 Å². The van der Waals surface area contributed by atoms with Crippen LogP contribution in [0.2, 0.25) is 0 Å². The molecule has 0 aliphatic heterocycles. The van der Waals surface area contributed by atoms with Gasteiger partial charge in [0.05, 0.1) is 5.69 Å². The summed E-state index contributed by atoms with van der Waals surface area (Å²) >= 11 is 0. The van der Waals surface area contributed by atoms with E-state index in [2.05, 4.69) is 15.2 Å². The average molecular weight is 314 g/mol. The maximum absolute atomic E-state index is 13.9. The topological polar surface area (TPSA) is 70.7 Å². The Labute approximate surface area is 121 Å². The van der Waals surface area contributed by atoms with E-state index in [4.69, 9.17) is 0 Å². The summed E-state index contributed by atoms with van der Waals surface area (Å²) in [5, 5.41) is 8.16. The largest absolute Gasteiger partial charge is 0.403 e. The summed E-state index contributed by atoms with van der Waals surface area (Å²) in [6.07, 6.45) is -3.95. The van der Waals surface area contributed by atoms with Gasteiger partial charge in [0.1, 0.15) is 17.6 Å². The number of H-pyrrole nitrogens is 1. The third-order valence-corrected chi connectivity index (χ3v) is 3.63. The number of nitrogens with zero attached hydrogens (tertiary/aromatic N) is 2. The lowest BCUT2D eigenvalue weighted by molar-refractivity contribution is -0.189. The smallest absolute Gasteiger partial charge is 0.323 e. The van der Waals surface area contributed by atoms with E-state index < -0.39 is 23.3 Å². The lowest BCUT2D eigenvalue weighted by Gasteiger charge is -2.18. The number of anilines is 1. The van der Waals surface area contributed by atoms with E-state index in [0.29, 0.717) is 11.4 Å². The van der Waals surface area contributed by atoms with Crippen LogP contribution < -0.4 is 5.32 Å². The first-order valence-electron chi connectivity index (χ1n) is 6.37. The van der Waals surface area contributed by atoms with Gasteiger partial charge >= 0.3 is 6.18 Å². The van der Waals surface area contributed by atoms with Gasteiger partial charge in [-0.1, -0.05) is 0 Å². The summed E-state index contributed by atoms with van der Waals surface area (Å²) in [4.78, 5) is 15.6. The molecule has 0 radical (unpaired) electrons. The molecule has 9 heteroatoms. The zero-order valence-corrected chi connectivity index (χ0v) is 11.0. The molecule has 0 unspecified atom stereocenters. The van der Waals surface area contributed by atoms with Crippen LogP contribution in [0.15, 0.2) is 24.5 Å². The van der Waals surface area contributed by atoms with Gasteiger partial charge in [-0.05, 0) is 31.0 Å². The van der Waals surface area contributed by atoms with Gasteiger partial charge in [-0.25, -0.2) is 9.37 Å². The standard InChI is InChI=1S/C13H10F4N4O/c14-8-5-7(10-18-6-19-21-10)1-2-9(8)20-11(22)12(3-4-12)13(15,16)17/h1-2,5-6H,3-4H2,(H,20,22)(H,18,19,21). The molecule has 1 aromatic carbocycles. The van der Waals surface area contributed by atoms with E-state index in [1.165, 1.54) is 18.5 Å². The second-order valence-electron chi connectivity index (χ2n) is 5.06. The highest BCUT2D eigenvalue weighted by molar-refractivity contribution is 5.98. The van der Waals surface area contributed by atoms with E-state index in [-0.39, 0.29) is 18.5 Å². The molecule has 5 nitrogen and oxygen atoms in total. The van der Waals surface area contributed by atoms with E-state index in [0.717, 1.165) is 6.07 Å². The molecule has 1 heterocycles. The van der Waals surface area contributed by atoms with Crippen molar-refractivity contribution in [3.05, 3.63) is 30.3 Å². The second kappa shape index (κ2) is 4.79. The molecule has 22 heavy (non-hydrogen) atoms. The molecule has 1 aliphatic carbocycles.